The highest BCUT2D eigenvalue weighted by Gasteiger charge is 2.17. The van der Waals surface area contributed by atoms with Crippen LogP contribution in [0.5, 0.6) is 5.75 Å². The smallest absolute Gasteiger partial charge is 0.337 e. The fourth-order valence-electron chi connectivity index (χ4n) is 2.92. The number of ether oxygens (including phenoxy) is 2. The topological polar surface area (TPSA) is 57.5 Å². The Morgan fingerprint density at radius 3 is 2.48 bits per heavy atom. The van der Waals surface area contributed by atoms with E-state index in [0.29, 0.717) is 16.9 Å². The van der Waals surface area contributed by atoms with E-state index in [1.54, 1.807) is 35.6 Å². The van der Waals surface area contributed by atoms with Crippen LogP contribution in [0.15, 0.2) is 47.8 Å². The van der Waals surface area contributed by atoms with Gasteiger partial charge in [-0.1, -0.05) is 6.07 Å². The molecule has 140 valence electrons. The lowest BCUT2D eigenvalue weighted by Crippen LogP contribution is -2.13. The Kier molecular flexibility index (Phi) is 5.76. The van der Waals surface area contributed by atoms with Crippen LogP contribution in [0.2, 0.25) is 0 Å². The average Bonchev–Trinajstić information content (AvgIpc) is 3.29. The summed E-state index contributed by atoms with van der Waals surface area (Å²) < 4.78 is 12.4. The van der Waals surface area contributed by atoms with Crippen molar-refractivity contribution in [2.24, 2.45) is 0 Å². The van der Waals surface area contributed by atoms with Gasteiger partial charge in [0.05, 0.1) is 19.2 Å². The maximum absolute atomic E-state index is 12.6. The van der Waals surface area contributed by atoms with E-state index in [1.165, 1.54) is 12.0 Å². The third kappa shape index (κ3) is 4.28. The predicted octanol–water partition coefficient (Wildman–Crippen LogP) is 4.26. The van der Waals surface area contributed by atoms with Crippen molar-refractivity contribution in [3.8, 4) is 5.75 Å². The number of Topliss-reactive ketones (excluding diaryl/α,β-unsaturated/α-hetero) is 1. The number of methoxy groups -OCH3 is 1. The summed E-state index contributed by atoms with van der Waals surface area (Å²) in [7, 11) is 1.33. The Morgan fingerprint density at radius 1 is 1.11 bits per heavy atom. The van der Waals surface area contributed by atoms with Crippen LogP contribution < -0.4 is 4.74 Å². The molecule has 27 heavy (non-hydrogen) atoms. The second-order valence-corrected chi connectivity index (χ2v) is 7.21. The molecule has 0 unspecified atom stereocenters. The number of nitrogens with zero attached hydrogens (tertiary/aromatic N) is 1. The van der Waals surface area contributed by atoms with Crippen molar-refractivity contribution in [2.75, 3.05) is 13.7 Å². The SMILES string of the molecule is COC(=O)c1ccc(OCC(=O)c2cc(C)n(Cc3cccs3)c2C)cc1. The molecule has 0 saturated heterocycles. The predicted molar refractivity (Wildman–Crippen MR) is 105 cm³/mol. The van der Waals surface area contributed by atoms with Gasteiger partial charge in [0.25, 0.3) is 0 Å². The highest BCUT2D eigenvalue weighted by atomic mass is 32.1. The van der Waals surface area contributed by atoms with Crippen LogP contribution in [0.3, 0.4) is 0 Å². The maximum atomic E-state index is 12.6. The van der Waals surface area contributed by atoms with Gasteiger partial charge < -0.3 is 14.0 Å². The molecule has 2 aromatic heterocycles. The van der Waals surface area contributed by atoms with Crippen LogP contribution in [-0.4, -0.2) is 30.0 Å². The number of carbonyl (C=O) groups is 2. The van der Waals surface area contributed by atoms with E-state index in [-0.39, 0.29) is 12.4 Å². The van der Waals surface area contributed by atoms with Gasteiger partial charge in [-0.3, -0.25) is 4.79 Å². The number of hydrogen-bond acceptors (Lipinski definition) is 5. The number of carbonyl (C=O) groups excluding carboxylic acids is 2. The van der Waals surface area contributed by atoms with E-state index in [9.17, 15) is 9.59 Å². The fraction of sp³-hybridized carbons (Fsp3) is 0.238. The molecular weight excluding hydrogens is 362 g/mol. The molecule has 2 heterocycles. The molecule has 3 rings (SSSR count). The molecule has 0 fully saturated rings. The van der Waals surface area contributed by atoms with E-state index >= 15 is 0 Å². The highest BCUT2D eigenvalue weighted by Crippen LogP contribution is 2.20. The van der Waals surface area contributed by atoms with Gasteiger partial charge in [-0.25, -0.2) is 4.79 Å². The van der Waals surface area contributed by atoms with Crippen molar-refractivity contribution in [1.29, 1.82) is 0 Å². The first-order valence-corrected chi connectivity index (χ1v) is 9.41. The normalized spacial score (nSPS) is 10.6. The summed E-state index contributed by atoms with van der Waals surface area (Å²) in [5.41, 5.74) is 3.10. The molecule has 0 atom stereocenters. The van der Waals surface area contributed by atoms with Gasteiger partial charge >= 0.3 is 5.97 Å². The number of aromatic nitrogens is 1. The number of esters is 1. The molecule has 5 nitrogen and oxygen atoms in total. The molecule has 0 amide bonds. The van der Waals surface area contributed by atoms with Gasteiger partial charge in [0, 0.05) is 21.8 Å². The van der Waals surface area contributed by atoms with Crippen molar-refractivity contribution in [2.45, 2.75) is 20.4 Å². The number of ketones is 1. The highest BCUT2D eigenvalue weighted by molar-refractivity contribution is 7.09. The average molecular weight is 383 g/mol. The molecule has 0 aliphatic heterocycles. The van der Waals surface area contributed by atoms with Crippen LogP contribution in [0.25, 0.3) is 0 Å². The number of rotatable bonds is 7. The Morgan fingerprint density at radius 2 is 1.85 bits per heavy atom. The van der Waals surface area contributed by atoms with Gasteiger partial charge in [0.15, 0.2) is 6.61 Å². The van der Waals surface area contributed by atoms with E-state index in [4.69, 9.17) is 4.74 Å². The molecule has 1 aromatic carbocycles. The van der Waals surface area contributed by atoms with Crippen LogP contribution in [0.4, 0.5) is 0 Å². The van der Waals surface area contributed by atoms with Crippen molar-refractivity contribution in [3.63, 3.8) is 0 Å². The monoisotopic (exact) mass is 383 g/mol. The van der Waals surface area contributed by atoms with Gasteiger partial charge in [0.2, 0.25) is 5.78 Å². The number of benzene rings is 1. The third-order valence-corrected chi connectivity index (χ3v) is 5.27. The first kappa shape index (κ1) is 18.9. The second kappa shape index (κ2) is 8.22. The summed E-state index contributed by atoms with van der Waals surface area (Å²) in [4.78, 5) is 25.3. The van der Waals surface area contributed by atoms with Gasteiger partial charge in [-0.2, -0.15) is 0 Å². The van der Waals surface area contributed by atoms with E-state index < -0.39 is 5.97 Å². The molecule has 0 aliphatic carbocycles. The van der Waals surface area contributed by atoms with Crippen LogP contribution in [-0.2, 0) is 11.3 Å². The zero-order valence-electron chi connectivity index (χ0n) is 15.5. The molecule has 0 bridgehead atoms. The van der Waals surface area contributed by atoms with Crippen LogP contribution in [0, 0.1) is 13.8 Å². The molecule has 0 N–H and O–H groups in total. The second-order valence-electron chi connectivity index (χ2n) is 6.18. The standard InChI is InChI=1S/C21H21NO4S/c1-14-11-19(15(2)22(14)12-18-5-4-10-27-18)20(23)13-26-17-8-6-16(7-9-17)21(24)25-3/h4-11H,12-13H2,1-3H3. The first-order chi connectivity index (χ1) is 13.0. The Balaban J connectivity index is 1.67. The molecule has 6 heteroatoms. The van der Waals surface area contributed by atoms with Gasteiger partial charge in [-0.15, -0.1) is 11.3 Å². The number of thiophene rings is 1. The molecular formula is C21H21NO4S. The zero-order valence-corrected chi connectivity index (χ0v) is 16.3. The molecule has 0 spiro atoms. The summed E-state index contributed by atoms with van der Waals surface area (Å²) in [5.74, 6) is 0.0526. The van der Waals surface area contributed by atoms with E-state index in [0.717, 1.165) is 17.9 Å². The van der Waals surface area contributed by atoms with Gasteiger partial charge in [-0.05, 0) is 55.6 Å². The lowest BCUT2D eigenvalue weighted by molar-refractivity contribution is 0.0600. The lowest BCUT2D eigenvalue weighted by atomic mass is 10.1. The summed E-state index contributed by atoms with van der Waals surface area (Å²) in [6.45, 7) is 4.67. The largest absolute Gasteiger partial charge is 0.485 e. The molecule has 0 saturated carbocycles. The zero-order chi connectivity index (χ0) is 19.4. The molecule has 0 radical (unpaired) electrons. The molecule has 0 aliphatic rings. The van der Waals surface area contributed by atoms with E-state index in [1.807, 2.05) is 26.0 Å². The van der Waals surface area contributed by atoms with Crippen molar-refractivity contribution in [1.82, 2.24) is 4.57 Å². The minimum Gasteiger partial charge on any atom is -0.485 e. The summed E-state index contributed by atoms with van der Waals surface area (Å²) in [5, 5.41) is 2.05. The summed E-state index contributed by atoms with van der Waals surface area (Å²) >= 11 is 1.70. The minimum atomic E-state index is -0.407. The van der Waals surface area contributed by atoms with Crippen LogP contribution in [0.1, 0.15) is 37.0 Å². The fourth-order valence-corrected chi connectivity index (χ4v) is 3.61. The van der Waals surface area contributed by atoms with Crippen molar-refractivity contribution in [3.05, 3.63) is 75.2 Å². The Hall–Kier alpha value is -2.86. The van der Waals surface area contributed by atoms with E-state index in [2.05, 4.69) is 20.8 Å². The first-order valence-electron chi connectivity index (χ1n) is 8.53. The Bertz CT molecular complexity index is 939. The third-order valence-electron chi connectivity index (χ3n) is 4.41. The van der Waals surface area contributed by atoms with Crippen molar-refractivity contribution >= 4 is 23.1 Å². The number of aryl methyl sites for hydroxylation is 1. The molecule has 3 aromatic rings. The number of hydrogen-bond donors (Lipinski definition) is 0. The van der Waals surface area contributed by atoms with Crippen molar-refractivity contribution < 1.29 is 19.1 Å². The maximum Gasteiger partial charge on any atom is 0.337 e. The minimum absolute atomic E-state index is 0.0547. The lowest BCUT2D eigenvalue weighted by Gasteiger charge is -2.09. The summed E-state index contributed by atoms with van der Waals surface area (Å²) in [6.07, 6.45) is 0. The Labute approximate surface area is 162 Å². The van der Waals surface area contributed by atoms with Gasteiger partial charge in [0.1, 0.15) is 5.75 Å². The quantitative estimate of drug-likeness (QED) is 0.452. The van der Waals surface area contributed by atoms with Crippen LogP contribution >= 0.6 is 11.3 Å². The summed E-state index contributed by atoms with van der Waals surface area (Å²) in [6, 6.07) is 12.6.